The Morgan fingerprint density at radius 3 is 1.64 bits per heavy atom. The fourth-order valence-corrected chi connectivity index (χ4v) is 9.15. The third-order valence-corrected chi connectivity index (χ3v) is 11.9. The smallest absolute Gasteiger partial charge is 0.160 e. The SMILES string of the molecule is CC1(C)c2cc3ccccc3cc2-c2c(-c3ccccc3-c3cc(-c4ccc5c6ccccc6c6ccccc6c5c4)nc(-c4ccccc4)n3)cccc21. The Balaban J connectivity index is 1.14. The molecule has 1 aromatic heterocycles. The van der Waals surface area contributed by atoms with Crippen molar-refractivity contribution in [1.82, 2.24) is 9.97 Å². The standard InChI is InChI=1S/C53H36N2/c1-53(2)47-26-14-25-44(51(47)46-29-34-17-6-7-18-35(34)31-48(46)53)41-23-12-13-24-43(41)50-32-49(54-52(55-50)33-15-4-3-5-16-33)36-27-28-42-39-21-9-8-19-37(39)38-20-10-11-22-40(38)45(42)30-36/h3-32H,1-2H3. The summed E-state index contributed by atoms with van der Waals surface area (Å²) in [6.07, 6.45) is 0. The summed E-state index contributed by atoms with van der Waals surface area (Å²) >= 11 is 0. The van der Waals surface area contributed by atoms with Gasteiger partial charge in [-0.25, -0.2) is 9.97 Å². The molecule has 0 amide bonds. The van der Waals surface area contributed by atoms with Gasteiger partial charge in [-0.05, 0) is 101 Å². The Labute approximate surface area is 320 Å². The molecule has 0 spiro atoms. The Hall–Kier alpha value is -6.90. The lowest BCUT2D eigenvalue weighted by Gasteiger charge is -2.22. The van der Waals surface area contributed by atoms with Crippen LogP contribution in [-0.4, -0.2) is 9.97 Å². The molecule has 11 rings (SSSR count). The normalized spacial score (nSPS) is 13.1. The lowest BCUT2D eigenvalue weighted by molar-refractivity contribution is 0.661. The largest absolute Gasteiger partial charge is 0.228 e. The van der Waals surface area contributed by atoms with Crippen LogP contribution in [0.4, 0.5) is 0 Å². The lowest BCUT2D eigenvalue weighted by atomic mass is 9.81. The highest BCUT2D eigenvalue weighted by molar-refractivity contribution is 6.25. The number of hydrogen-bond donors (Lipinski definition) is 0. The van der Waals surface area contributed by atoms with Gasteiger partial charge in [-0.2, -0.15) is 0 Å². The van der Waals surface area contributed by atoms with Crippen molar-refractivity contribution in [3.63, 3.8) is 0 Å². The van der Waals surface area contributed by atoms with Gasteiger partial charge in [0.15, 0.2) is 5.82 Å². The quantitative estimate of drug-likeness (QED) is 0.171. The first-order valence-electron chi connectivity index (χ1n) is 19.1. The van der Waals surface area contributed by atoms with Crippen LogP contribution in [0.15, 0.2) is 182 Å². The van der Waals surface area contributed by atoms with E-state index in [9.17, 15) is 0 Å². The van der Waals surface area contributed by atoms with Gasteiger partial charge in [-0.1, -0.05) is 172 Å². The van der Waals surface area contributed by atoms with Gasteiger partial charge in [0.25, 0.3) is 0 Å². The molecule has 0 saturated carbocycles. The van der Waals surface area contributed by atoms with E-state index in [0.29, 0.717) is 5.82 Å². The number of fused-ring (bicyclic) bond motifs is 10. The Bertz CT molecular complexity index is 3140. The summed E-state index contributed by atoms with van der Waals surface area (Å²) in [5.41, 5.74) is 12.5. The summed E-state index contributed by atoms with van der Waals surface area (Å²) < 4.78 is 0. The molecule has 2 nitrogen and oxygen atoms in total. The fourth-order valence-electron chi connectivity index (χ4n) is 9.15. The molecule has 0 radical (unpaired) electrons. The minimum Gasteiger partial charge on any atom is -0.228 e. The summed E-state index contributed by atoms with van der Waals surface area (Å²) in [6, 6.07) is 65.9. The van der Waals surface area contributed by atoms with Crippen molar-refractivity contribution in [1.29, 1.82) is 0 Å². The van der Waals surface area contributed by atoms with Crippen molar-refractivity contribution >= 4 is 43.1 Å². The highest BCUT2D eigenvalue weighted by Crippen LogP contribution is 2.54. The zero-order valence-electron chi connectivity index (χ0n) is 30.7. The van der Waals surface area contributed by atoms with Gasteiger partial charge >= 0.3 is 0 Å². The molecule has 0 aliphatic heterocycles. The summed E-state index contributed by atoms with van der Waals surface area (Å²) in [4.78, 5) is 10.6. The molecule has 1 heterocycles. The molecule has 0 N–H and O–H groups in total. The van der Waals surface area contributed by atoms with Crippen LogP contribution >= 0.6 is 0 Å². The van der Waals surface area contributed by atoms with Crippen molar-refractivity contribution in [2.45, 2.75) is 19.3 Å². The number of benzene rings is 9. The summed E-state index contributed by atoms with van der Waals surface area (Å²) in [5, 5.41) is 10.1. The average Bonchev–Trinajstić information content (AvgIpc) is 3.47. The van der Waals surface area contributed by atoms with E-state index in [1.807, 2.05) is 6.07 Å². The number of aromatic nitrogens is 2. The predicted octanol–water partition coefficient (Wildman–Crippen LogP) is 14.1. The topological polar surface area (TPSA) is 25.8 Å². The summed E-state index contributed by atoms with van der Waals surface area (Å²) in [6.45, 7) is 4.72. The molecule has 1 aliphatic carbocycles. The highest BCUT2D eigenvalue weighted by atomic mass is 14.9. The van der Waals surface area contributed by atoms with E-state index in [-0.39, 0.29) is 5.41 Å². The molecule has 1 aliphatic rings. The van der Waals surface area contributed by atoms with Gasteiger partial charge in [0, 0.05) is 22.1 Å². The van der Waals surface area contributed by atoms with Crippen LogP contribution in [-0.2, 0) is 5.41 Å². The monoisotopic (exact) mass is 700 g/mol. The van der Waals surface area contributed by atoms with Crippen LogP contribution in [0.25, 0.3) is 99.2 Å². The molecule has 9 aromatic carbocycles. The maximum absolute atomic E-state index is 5.34. The molecule has 258 valence electrons. The second kappa shape index (κ2) is 12.1. The van der Waals surface area contributed by atoms with Crippen molar-refractivity contribution in [3.8, 4) is 56.2 Å². The third-order valence-electron chi connectivity index (χ3n) is 11.9. The van der Waals surface area contributed by atoms with E-state index in [0.717, 1.165) is 33.6 Å². The maximum atomic E-state index is 5.34. The van der Waals surface area contributed by atoms with E-state index in [2.05, 4.69) is 190 Å². The summed E-state index contributed by atoms with van der Waals surface area (Å²) in [7, 11) is 0. The Morgan fingerprint density at radius 2 is 0.909 bits per heavy atom. The van der Waals surface area contributed by atoms with Crippen LogP contribution in [0.3, 0.4) is 0 Å². The highest BCUT2D eigenvalue weighted by Gasteiger charge is 2.37. The van der Waals surface area contributed by atoms with Gasteiger partial charge < -0.3 is 0 Å². The van der Waals surface area contributed by atoms with E-state index in [1.165, 1.54) is 70.9 Å². The van der Waals surface area contributed by atoms with Gasteiger partial charge in [0.05, 0.1) is 11.4 Å². The zero-order valence-corrected chi connectivity index (χ0v) is 30.7. The molecule has 0 atom stereocenters. The third kappa shape index (κ3) is 4.88. The first-order valence-corrected chi connectivity index (χ1v) is 19.1. The summed E-state index contributed by atoms with van der Waals surface area (Å²) in [5.74, 6) is 0.711. The van der Waals surface area contributed by atoms with Crippen molar-refractivity contribution in [2.75, 3.05) is 0 Å². The first-order chi connectivity index (χ1) is 27.0. The van der Waals surface area contributed by atoms with Gasteiger partial charge in [0.1, 0.15) is 0 Å². The number of rotatable bonds is 4. The average molecular weight is 701 g/mol. The van der Waals surface area contributed by atoms with Crippen molar-refractivity contribution < 1.29 is 0 Å². The maximum Gasteiger partial charge on any atom is 0.160 e. The number of nitrogens with zero attached hydrogens (tertiary/aromatic N) is 2. The van der Waals surface area contributed by atoms with Crippen LogP contribution in [0.5, 0.6) is 0 Å². The number of hydrogen-bond acceptors (Lipinski definition) is 2. The lowest BCUT2D eigenvalue weighted by Crippen LogP contribution is -2.14. The minimum atomic E-state index is -0.131. The molecular weight excluding hydrogens is 665 g/mol. The second-order valence-corrected chi connectivity index (χ2v) is 15.3. The molecule has 0 unspecified atom stereocenters. The van der Waals surface area contributed by atoms with E-state index >= 15 is 0 Å². The second-order valence-electron chi connectivity index (χ2n) is 15.3. The molecule has 2 heteroatoms. The van der Waals surface area contributed by atoms with Crippen molar-refractivity contribution in [3.05, 3.63) is 193 Å². The Morgan fingerprint density at radius 1 is 0.345 bits per heavy atom. The van der Waals surface area contributed by atoms with Crippen LogP contribution < -0.4 is 0 Å². The van der Waals surface area contributed by atoms with Crippen molar-refractivity contribution in [2.24, 2.45) is 0 Å². The molecule has 55 heavy (non-hydrogen) atoms. The molecular formula is C53H36N2. The van der Waals surface area contributed by atoms with E-state index in [1.54, 1.807) is 0 Å². The van der Waals surface area contributed by atoms with Crippen LogP contribution in [0.1, 0.15) is 25.0 Å². The minimum absolute atomic E-state index is 0.131. The molecule has 0 fully saturated rings. The molecule has 0 bridgehead atoms. The Kier molecular flexibility index (Phi) is 6.93. The van der Waals surface area contributed by atoms with Crippen LogP contribution in [0, 0.1) is 0 Å². The van der Waals surface area contributed by atoms with E-state index < -0.39 is 0 Å². The van der Waals surface area contributed by atoms with Crippen LogP contribution in [0.2, 0.25) is 0 Å². The first kappa shape index (κ1) is 31.6. The van der Waals surface area contributed by atoms with Gasteiger partial charge in [0.2, 0.25) is 0 Å². The molecule has 0 saturated heterocycles. The predicted molar refractivity (Wildman–Crippen MR) is 231 cm³/mol. The van der Waals surface area contributed by atoms with Gasteiger partial charge in [-0.15, -0.1) is 0 Å². The fraction of sp³-hybridized carbons (Fsp3) is 0.0566. The van der Waals surface area contributed by atoms with E-state index in [4.69, 9.17) is 9.97 Å². The molecule has 10 aromatic rings. The van der Waals surface area contributed by atoms with Gasteiger partial charge in [-0.3, -0.25) is 0 Å². The zero-order chi connectivity index (χ0) is 36.7.